The van der Waals surface area contributed by atoms with Crippen LogP contribution < -0.4 is 10.2 Å². The molecule has 2 amide bonds. The molecular formula is C20H20ClN3O4. The number of hydrogen-bond donors (Lipinski definition) is 1. The molecule has 7 nitrogen and oxygen atoms in total. The molecule has 0 bridgehead atoms. The Morgan fingerprint density at radius 2 is 1.93 bits per heavy atom. The molecule has 2 aromatic carbocycles. The van der Waals surface area contributed by atoms with Crippen molar-refractivity contribution >= 4 is 46.4 Å². The van der Waals surface area contributed by atoms with Gasteiger partial charge in [-0.25, -0.2) is 0 Å². The number of anilines is 3. The molecule has 1 N–H and O–H groups in total. The highest BCUT2D eigenvalue weighted by atomic mass is 35.5. The number of carbonyl (C=O) groups excluding carboxylic acids is 3. The van der Waals surface area contributed by atoms with Gasteiger partial charge in [0.1, 0.15) is 6.61 Å². The topological polar surface area (TPSA) is 79.0 Å². The van der Waals surface area contributed by atoms with Crippen molar-refractivity contribution < 1.29 is 19.1 Å². The zero-order chi connectivity index (χ0) is 20.3. The highest BCUT2D eigenvalue weighted by molar-refractivity contribution is 6.31. The van der Waals surface area contributed by atoms with Crippen LogP contribution in [0.3, 0.4) is 0 Å². The van der Waals surface area contributed by atoms with Gasteiger partial charge in [-0.05, 0) is 37.4 Å². The summed E-state index contributed by atoms with van der Waals surface area (Å²) < 4.78 is 4.92. The van der Waals surface area contributed by atoms with E-state index >= 15 is 0 Å². The number of rotatable bonds is 5. The van der Waals surface area contributed by atoms with Crippen LogP contribution in [0.2, 0.25) is 5.02 Å². The molecule has 146 valence electrons. The average Bonchev–Trinajstić information content (AvgIpc) is 2.75. The van der Waals surface area contributed by atoms with Crippen LogP contribution in [0.25, 0.3) is 0 Å². The van der Waals surface area contributed by atoms with E-state index in [0.29, 0.717) is 34.2 Å². The molecule has 0 atom stereocenters. The molecule has 1 heterocycles. The molecule has 28 heavy (non-hydrogen) atoms. The first-order chi connectivity index (χ1) is 13.4. The quantitative estimate of drug-likeness (QED) is 0.779. The number of likely N-dealkylation sites (N-methyl/N-ethyl adjacent to an activating group) is 1. The van der Waals surface area contributed by atoms with Crippen LogP contribution in [0.4, 0.5) is 17.1 Å². The Labute approximate surface area is 167 Å². The second kappa shape index (κ2) is 8.41. The summed E-state index contributed by atoms with van der Waals surface area (Å²) in [6.45, 7) is 2.02. The minimum atomic E-state index is -0.364. The lowest BCUT2D eigenvalue weighted by atomic mass is 10.1. The van der Waals surface area contributed by atoms with Gasteiger partial charge in [-0.3, -0.25) is 24.2 Å². The molecule has 0 radical (unpaired) electrons. The van der Waals surface area contributed by atoms with Gasteiger partial charge in [0, 0.05) is 18.5 Å². The predicted octanol–water partition coefficient (Wildman–Crippen LogP) is 3.07. The smallest absolute Gasteiger partial charge is 0.302 e. The van der Waals surface area contributed by atoms with Gasteiger partial charge in [0.2, 0.25) is 5.91 Å². The summed E-state index contributed by atoms with van der Waals surface area (Å²) in [7, 11) is 1.76. The second-order valence-corrected chi connectivity index (χ2v) is 6.88. The number of halogens is 1. The van der Waals surface area contributed by atoms with E-state index in [9.17, 15) is 14.4 Å². The van der Waals surface area contributed by atoms with Gasteiger partial charge in [0.05, 0.1) is 29.2 Å². The lowest BCUT2D eigenvalue weighted by Crippen LogP contribution is -2.38. The van der Waals surface area contributed by atoms with Crippen LogP contribution in [0.1, 0.15) is 17.3 Å². The first kappa shape index (κ1) is 19.9. The Hall–Kier alpha value is -2.90. The van der Waals surface area contributed by atoms with Crippen molar-refractivity contribution in [3.63, 3.8) is 0 Å². The number of hydrogen-bond acceptors (Lipinski definition) is 5. The fraction of sp³-hybridized carbons (Fsp3) is 0.250. The molecule has 0 saturated carbocycles. The number of carbonyl (C=O) groups is 3. The second-order valence-electron chi connectivity index (χ2n) is 6.44. The maximum Gasteiger partial charge on any atom is 0.302 e. The van der Waals surface area contributed by atoms with Crippen LogP contribution >= 0.6 is 11.6 Å². The Balaban J connectivity index is 1.92. The molecule has 1 aliphatic heterocycles. The summed E-state index contributed by atoms with van der Waals surface area (Å²) in [4.78, 5) is 40.0. The van der Waals surface area contributed by atoms with Gasteiger partial charge in [-0.15, -0.1) is 0 Å². The fourth-order valence-electron chi connectivity index (χ4n) is 2.98. The van der Waals surface area contributed by atoms with Gasteiger partial charge < -0.3 is 10.1 Å². The number of esters is 1. The summed E-state index contributed by atoms with van der Waals surface area (Å²) >= 11 is 6.08. The molecule has 3 rings (SSSR count). The van der Waals surface area contributed by atoms with E-state index in [1.54, 1.807) is 54.4 Å². The Kier molecular flexibility index (Phi) is 5.96. The molecule has 0 aliphatic carbocycles. The summed E-state index contributed by atoms with van der Waals surface area (Å²) in [5, 5.41) is 3.27. The molecule has 0 unspecified atom stereocenters. The molecule has 0 spiro atoms. The van der Waals surface area contributed by atoms with Gasteiger partial charge in [-0.1, -0.05) is 23.7 Å². The van der Waals surface area contributed by atoms with E-state index in [4.69, 9.17) is 16.3 Å². The first-order valence-corrected chi connectivity index (χ1v) is 9.09. The predicted molar refractivity (Wildman–Crippen MR) is 107 cm³/mol. The minimum absolute atomic E-state index is 0.0753. The molecular weight excluding hydrogens is 382 g/mol. The van der Waals surface area contributed by atoms with Crippen molar-refractivity contribution in [1.29, 1.82) is 0 Å². The minimum Gasteiger partial charge on any atom is -0.465 e. The van der Waals surface area contributed by atoms with Crippen molar-refractivity contribution in [2.24, 2.45) is 0 Å². The normalized spacial score (nSPS) is 12.7. The summed E-state index contributed by atoms with van der Waals surface area (Å²) in [6.07, 6.45) is 0. The SMILES string of the molecule is CC(=O)OCCN(C)CC(=O)N1c2ccc(Cl)cc2NC(=O)c2ccccc21. The number of ether oxygens (including phenoxy) is 1. The molecule has 8 heteroatoms. The van der Waals surface area contributed by atoms with Crippen LogP contribution in [-0.4, -0.2) is 49.4 Å². The fourth-order valence-corrected chi connectivity index (χ4v) is 3.15. The van der Waals surface area contributed by atoms with Gasteiger partial charge in [0.25, 0.3) is 5.91 Å². The molecule has 1 aliphatic rings. The summed E-state index contributed by atoms with van der Waals surface area (Å²) in [5.74, 6) is -0.896. The number of nitrogens with one attached hydrogen (secondary N) is 1. The Bertz CT molecular complexity index is 931. The van der Waals surface area contributed by atoms with E-state index in [1.165, 1.54) is 11.8 Å². The van der Waals surface area contributed by atoms with Crippen molar-refractivity contribution in [2.75, 3.05) is 37.0 Å². The lowest BCUT2D eigenvalue weighted by molar-refractivity contribution is -0.141. The van der Waals surface area contributed by atoms with E-state index in [2.05, 4.69) is 5.32 Å². The molecule has 0 aromatic heterocycles. The van der Waals surface area contributed by atoms with Gasteiger partial charge >= 0.3 is 5.97 Å². The highest BCUT2D eigenvalue weighted by Gasteiger charge is 2.29. The number of nitrogens with zero attached hydrogens (tertiary/aromatic N) is 2. The van der Waals surface area contributed by atoms with E-state index < -0.39 is 0 Å². The number of benzene rings is 2. The zero-order valence-corrected chi connectivity index (χ0v) is 16.3. The monoisotopic (exact) mass is 401 g/mol. The van der Waals surface area contributed by atoms with Crippen LogP contribution in [0.15, 0.2) is 42.5 Å². The van der Waals surface area contributed by atoms with Crippen molar-refractivity contribution in [3.05, 3.63) is 53.1 Å². The maximum absolute atomic E-state index is 13.2. The average molecular weight is 402 g/mol. The van der Waals surface area contributed by atoms with E-state index in [0.717, 1.165) is 0 Å². The number of fused-ring (bicyclic) bond motifs is 2. The third kappa shape index (κ3) is 4.32. The van der Waals surface area contributed by atoms with Gasteiger partial charge in [-0.2, -0.15) is 0 Å². The van der Waals surface area contributed by atoms with E-state index in [-0.39, 0.29) is 30.9 Å². The largest absolute Gasteiger partial charge is 0.465 e. The van der Waals surface area contributed by atoms with Crippen LogP contribution in [-0.2, 0) is 14.3 Å². The third-order valence-electron chi connectivity index (χ3n) is 4.27. The number of para-hydroxylation sites is 1. The maximum atomic E-state index is 13.2. The van der Waals surface area contributed by atoms with Crippen LogP contribution in [0, 0.1) is 0 Å². The molecule has 0 saturated heterocycles. The zero-order valence-electron chi connectivity index (χ0n) is 15.6. The lowest BCUT2D eigenvalue weighted by Gasteiger charge is -2.26. The Morgan fingerprint density at radius 1 is 1.18 bits per heavy atom. The molecule has 0 fully saturated rings. The number of amides is 2. The Morgan fingerprint density at radius 3 is 2.68 bits per heavy atom. The first-order valence-electron chi connectivity index (χ1n) is 8.71. The summed E-state index contributed by atoms with van der Waals surface area (Å²) in [6, 6.07) is 11.9. The van der Waals surface area contributed by atoms with Crippen molar-refractivity contribution in [2.45, 2.75) is 6.92 Å². The molecule has 2 aromatic rings. The van der Waals surface area contributed by atoms with E-state index in [1.807, 2.05) is 0 Å². The summed E-state index contributed by atoms with van der Waals surface area (Å²) in [5.41, 5.74) is 1.90. The third-order valence-corrected chi connectivity index (χ3v) is 4.51. The standard InChI is InChI=1S/C20H20ClN3O4/c1-13(25)28-10-9-23(2)12-19(26)24-17-6-4-3-5-15(17)20(27)22-16-11-14(21)7-8-18(16)24/h3-8,11H,9-10,12H2,1-2H3,(H,22,27). The van der Waals surface area contributed by atoms with Crippen LogP contribution in [0.5, 0.6) is 0 Å². The van der Waals surface area contributed by atoms with Crippen molar-refractivity contribution in [1.82, 2.24) is 4.90 Å². The van der Waals surface area contributed by atoms with Gasteiger partial charge in [0.15, 0.2) is 0 Å². The highest BCUT2D eigenvalue weighted by Crippen LogP contribution is 2.39. The van der Waals surface area contributed by atoms with Crippen molar-refractivity contribution in [3.8, 4) is 0 Å².